The molecule has 100 valence electrons. The monoisotopic (exact) mass is 318 g/mol. The lowest BCUT2D eigenvalue weighted by Gasteiger charge is -2.03. The average Bonchev–Trinajstić information content (AvgIpc) is 2.86. The van der Waals surface area contributed by atoms with Gasteiger partial charge in [0.2, 0.25) is 0 Å². The van der Waals surface area contributed by atoms with Crippen LogP contribution in [-0.4, -0.2) is 17.3 Å². The molecule has 0 atom stereocenters. The van der Waals surface area contributed by atoms with Gasteiger partial charge in [0.1, 0.15) is 0 Å². The van der Waals surface area contributed by atoms with Gasteiger partial charge in [-0.15, -0.1) is 10.2 Å². The van der Waals surface area contributed by atoms with Gasteiger partial charge in [-0.1, -0.05) is 65.1 Å². The van der Waals surface area contributed by atoms with Crippen LogP contribution in [0.3, 0.4) is 0 Å². The summed E-state index contributed by atoms with van der Waals surface area (Å²) in [5.41, 5.74) is 0.924. The summed E-state index contributed by atoms with van der Waals surface area (Å²) in [6.07, 6.45) is 1.75. The quantitative estimate of drug-likeness (QED) is 0.633. The van der Waals surface area contributed by atoms with E-state index in [-0.39, 0.29) is 11.8 Å². The van der Waals surface area contributed by atoms with Crippen LogP contribution in [0.25, 0.3) is 11.8 Å². The fourth-order valence-electron chi connectivity index (χ4n) is 1.35. The van der Waals surface area contributed by atoms with Crippen LogP contribution in [0.15, 0.2) is 34.7 Å². The summed E-state index contributed by atoms with van der Waals surface area (Å²) < 4.78 is 8.71. The van der Waals surface area contributed by atoms with Gasteiger partial charge in [0.05, 0.1) is 7.11 Å². The van der Waals surface area contributed by atoms with Crippen LogP contribution >= 0.6 is 34.8 Å². The Labute approximate surface area is 124 Å². The van der Waals surface area contributed by atoms with Gasteiger partial charge in [0.25, 0.3) is 15.6 Å². The predicted octanol–water partition coefficient (Wildman–Crippen LogP) is 4.04. The van der Waals surface area contributed by atoms with Crippen molar-refractivity contribution in [3.8, 4) is 0 Å². The highest BCUT2D eigenvalue weighted by Gasteiger charge is 2.31. The molecule has 0 saturated carbocycles. The van der Waals surface area contributed by atoms with E-state index in [1.165, 1.54) is 7.11 Å². The van der Waals surface area contributed by atoms with E-state index in [4.69, 9.17) is 44.0 Å². The Morgan fingerprint density at radius 2 is 1.89 bits per heavy atom. The molecule has 2 aromatic rings. The van der Waals surface area contributed by atoms with Gasteiger partial charge in [-0.3, -0.25) is 0 Å². The van der Waals surface area contributed by atoms with Crippen LogP contribution < -0.4 is 0 Å². The van der Waals surface area contributed by atoms with Crippen molar-refractivity contribution in [3.05, 3.63) is 47.7 Å². The smallest absolute Gasteiger partial charge is 0.283 e. The summed E-state index contributed by atoms with van der Waals surface area (Å²) in [5.74, 6) is 0.426. The molecule has 4 nitrogen and oxygen atoms in total. The Hall–Kier alpha value is -1.23. The van der Waals surface area contributed by atoms with E-state index in [0.717, 1.165) is 5.56 Å². The molecule has 0 radical (unpaired) electrons. The van der Waals surface area contributed by atoms with Gasteiger partial charge in [-0.25, -0.2) is 0 Å². The zero-order valence-corrected chi connectivity index (χ0v) is 12.1. The van der Waals surface area contributed by atoms with Crippen molar-refractivity contribution in [2.45, 2.75) is 3.79 Å². The number of hydrogen-bond acceptors (Lipinski definition) is 4. The highest BCUT2D eigenvalue weighted by molar-refractivity contribution is 6.66. The molecule has 19 heavy (non-hydrogen) atoms. The van der Waals surface area contributed by atoms with Gasteiger partial charge >= 0.3 is 0 Å². The minimum Gasteiger partial charge on any atom is -0.491 e. The molecule has 0 saturated heterocycles. The Morgan fingerprint density at radius 3 is 2.42 bits per heavy atom. The van der Waals surface area contributed by atoms with Gasteiger partial charge in [0.15, 0.2) is 5.76 Å². The second-order valence-electron chi connectivity index (χ2n) is 3.53. The van der Waals surface area contributed by atoms with Crippen molar-refractivity contribution in [3.63, 3.8) is 0 Å². The Kier molecular flexibility index (Phi) is 4.34. The van der Waals surface area contributed by atoms with Crippen molar-refractivity contribution in [1.29, 1.82) is 0 Å². The van der Waals surface area contributed by atoms with Crippen LogP contribution in [0.2, 0.25) is 0 Å². The Bertz CT molecular complexity index is 576. The molecule has 1 aromatic carbocycles. The highest BCUT2D eigenvalue weighted by atomic mass is 35.6. The number of halogens is 3. The minimum absolute atomic E-state index is 0.108. The van der Waals surface area contributed by atoms with Crippen molar-refractivity contribution in [2.75, 3.05) is 7.11 Å². The number of rotatable bonds is 3. The van der Waals surface area contributed by atoms with Crippen LogP contribution in [0.4, 0.5) is 0 Å². The van der Waals surface area contributed by atoms with E-state index < -0.39 is 3.79 Å². The minimum atomic E-state index is -1.75. The first-order chi connectivity index (χ1) is 9.00. The third kappa shape index (κ3) is 3.62. The molecule has 0 unspecified atom stereocenters. The standard InChI is InChI=1S/C12H9Cl3N2O2/c1-18-9(7-8-5-3-2-4-6-8)10-16-17-11(19-10)12(13,14)15/h2-7H,1H3. The molecule has 0 aliphatic rings. The zero-order valence-electron chi connectivity index (χ0n) is 9.81. The highest BCUT2D eigenvalue weighted by Crippen LogP contribution is 2.37. The lowest BCUT2D eigenvalue weighted by molar-refractivity contribution is 0.347. The van der Waals surface area contributed by atoms with Crippen molar-refractivity contribution < 1.29 is 9.15 Å². The lowest BCUT2D eigenvalue weighted by Crippen LogP contribution is -1.99. The summed E-state index contributed by atoms with van der Waals surface area (Å²) in [7, 11) is 1.49. The first-order valence-corrected chi connectivity index (χ1v) is 6.36. The number of methoxy groups -OCH3 is 1. The maximum Gasteiger partial charge on any atom is 0.283 e. The van der Waals surface area contributed by atoms with Crippen LogP contribution in [0.5, 0.6) is 0 Å². The third-order valence-corrected chi connectivity index (χ3v) is 2.68. The molecule has 1 heterocycles. The van der Waals surface area contributed by atoms with E-state index in [0.29, 0.717) is 5.76 Å². The molecule has 0 amide bonds. The second-order valence-corrected chi connectivity index (χ2v) is 5.81. The first-order valence-electron chi connectivity index (χ1n) is 5.22. The Morgan fingerprint density at radius 1 is 1.21 bits per heavy atom. The third-order valence-electron chi connectivity index (χ3n) is 2.20. The number of nitrogens with zero attached hydrogens (tertiary/aromatic N) is 2. The van der Waals surface area contributed by atoms with Crippen LogP contribution in [-0.2, 0) is 8.53 Å². The van der Waals surface area contributed by atoms with Gasteiger partial charge < -0.3 is 9.15 Å². The molecule has 7 heteroatoms. The maximum absolute atomic E-state index is 5.65. The molecule has 0 spiro atoms. The summed E-state index contributed by atoms with van der Waals surface area (Å²) in [4.78, 5) is 0. The summed E-state index contributed by atoms with van der Waals surface area (Å²) >= 11 is 17.0. The summed E-state index contributed by atoms with van der Waals surface area (Å²) in [5, 5.41) is 7.45. The molecule has 0 aliphatic heterocycles. The fraction of sp³-hybridized carbons (Fsp3) is 0.167. The van der Waals surface area contributed by atoms with E-state index in [9.17, 15) is 0 Å². The van der Waals surface area contributed by atoms with E-state index >= 15 is 0 Å². The first kappa shape index (κ1) is 14.2. The molecule has 1 aromatic heterocycles. The lowest BCUT2D eigenvalue weighted by atomic mass is 10.2. The molecule has 2 rings (SSSR count). The van der Waals surface area contributed by atoms with Crippen molar-refractivity contribution >= 4 is 46.6 Å². The number of alkyl halides is 3. The molecule has 0 aliphatic carbocycles. The SMILES string of the molecule is COC(=Cc1ccccc1)c1nnc(C(Cl)(Cl)Cl)o1. The van der Waals surface area contributed by atoms with Crippen molar-refractivity contribution in [1.82, 2.24) is 10.2 Å². The molecular weight excluding hydrogens is 311 g/mol. The zero-order chi connectivity index (χ0) is 13.9. The normalized spacial score (nSPS) is 12.5. The van der Waals surface area contributed by atoms with E-state index in [1.54, 1.807) is 6.08 Å². The Balaban J connectivity index is 2.33. The maximum atomic E-state index is 5.65. The van der Waals surface area contributed by atoms with E-state index in [2.05, 4.69) is 10.2 Å². The molecule has 0 fully saturated rings. The van der Waals surface area contributed by atoms with Gasteiger partial charge in [0, 0.05) is 0 Å². The molecular formula is C12H9Cl3N2O2. The van der Waals surface area contributed by atoms with Crippen LogP contribution in [0, 0.1) is 0 Å². The summed E-state index contributed by atoms with van der Waals surface area (Å²) in [6, 6.07) is 9.54. The van der Waals surface area contributed by atoms with Crippen molar-refractivity contribution in [2.24, 2.45) is 0 Å². The van der Waals surface area contributed by atoms with E-state index in [1.807, 2.05) is 30.3 Å². The number of benzene rings is 1. The van der Waals surface area contributed by atoms with Gasteiger partial charge in [-0.2, -0.15) is 0 Å². The second kappa shape index (κ2) is 5.82. The molecule has 0 N–H and O–H groups in total. The molecule has 0 bridgehead atoms. The largest absolute Gasteiger partial charge is 0.491 e. The van der Waals surface area contributed by atoms with Crippen LogP contribution in [0.1, 0.15) is 17.3 Å². The van der Waals surface area contributed by atoms with Gasteiger partial charge in [-0.05, 0) is 11.6 Å². The topological polar surface area (TPSA) is 48.2 Å². The average molecular weight is 320 g/mol. The number of ether oxygens (including phenoxy) is 1. The fourth-order valence-corrected chi connectivity index (χ4v) is 1.58. The number of aromatic nitrogens is 2. The predicted molar refractivity (Wildman–Crippen MR) is 74.9 cm³/mol. The number of hydrogen-bond donors (Lipinski definition) is 0. The summed E-state index contributed by atoms with van der Waals surface area (Å²) in [6.45, 7) is 0.